The highest BCUT2D eigenvalue weighted by Crippen LogP contribution is 2.32. The molecule has 1 aliphatic rings. The fourth-order valence-electron chi connectivity index (χ4n) is 3.39. The second-order valence-electron chi connectivity index (χ2n) is 8.62. The second kappa shape index (κ2) is 13.8. The van der Waals surface area contributed by atoms with Gasteiger partial charge < -0.3 is 19.7 Å². The maximum Gasteiger partial charge on any atom is 0.338 e. The number of amides is 2. The van der Waals surface area contributed by atoms with Gasteiger partial charge in [0.15, 0.2) is 0 Å². The third kappa shape index (κ3) is 8.23. The molecule has 0 saturated carbocycles. The number of thiocarbonyl (C=S) groups is 1. The van der Waals surface area contributed by atoms with Gasteiger partial charge in [0.05, 0.1) is 23.1 Å². The summed E-state index contributed by atoms with van der Waals surface area (Å²) in [5.41, 5.74) is 2.14. The summed E-state index contributed by atoms with van der Waals surface area (Å²) in [6.45, 7) is 1.25. The lowest BCUT2D eigenvalue weighted by atomic mass is 10.1. The number of nitrogens with zero attached hydrogens (tertiary/aromatic N) is 2. The van der Waals surface area contributed by atoms with E-state index >= 15 is 0 Å². The highest BCUT2D eigenvalue weighted by atomic mass is 32.2. The van der Waals surface area contributed by atoms with Crippen molar-refractivity contribution in [1.82, 2.24) is 9.80 Å². The molecule has 2 aromatic rings. The quantitative estimate of drug-likeness (QED) is 0.252. The minimum atomic E-state index is -0.431. The molecule has 0 aromatic heterocycles. The zero-order valence-electron chi connectivity index (χ0n) is 21.4. The van der Waals surface area contributed by atoms with Gasteiger partial charge in [-0.1, -0.05) is 36.1 Å². The van der Waals surface area contributed by atoms with Gasteiger partial charge in [0.25, 0.3) is 5.91 Å². The summed E-state index contributed by atoms with van der Waals surface area (Å²) in [6.07, 6.45) is 2.34. The van der Waals surface area contributed by atoms with Crippen LogP contribution in [0.1, 0.15) is 39.1 Å². The van der Waals surface area contributed by atoms with Crippen LogP contribution in [0.15, 0.2) is 53.4 Å². The molecule has 0 bridgehead atoms. The van der Waals surface area contributed by atoms with E-state index in [0.29, 0.717) is 52.2 Å². The third-order valence-corrected chi connectivity index (χ3v) is 6.84. The molecule has 0 aliphatic carbocycles. The molecule has 200 valence electrons. The lowest BCUT2D eigenvalue weighted by molar-refractivity contribution is -0.122. The number of hydrogen-bond acceptors (Lipinski definition) is 9. The fourth-order valence-corrected chi connectivity index (χ4v) is 4.70. The van der Waals surface area contributed by atoms with Crippen molar-refractivity contribution in [2.45, 2.75) is 12.8 Å². The molecule has 2 aromatic carbocycles. The van der Waals surface area contributed by atoms with Crippen molar-refractivity contribution in [3.63, 3.8) is 0 Å². The first-order chi connectivity index (χ1) is 18.2. The normalized spacial score (nSPS) is 14.2. The molecule has 2 amide bonds. The number of rotatable bonds is 11. The molecular weight excluding hydrogens is 526 g/mol. The maximum atomic E-state index is 12.8. The Morgan fingerprint density at radius 2 is 1.66 bits per heavy atom. The number of anilines is 1. The van der Waals surface area contributed by atoms with Crippen molar-refractivity contribution in [2.75, 3.05) is 46.2 Å². The fraction of sp³-hybridized carbons (Fsp3) is 0.296. The van der Waals surface area contributed by atoms with Gasteiger partial charge in [0, 0.05) is 25.2 Å². The molecule has 11 heteroatoms. The Kier molecular flexibility index (Phi) is 10.6. The molecule has 1 fully saturated rings. The van der Waals surface area contributed by atoms with Crippen LogP contribution in [0.5, 0.6) is 0 Å². The van der Waals surface area contributed by atoms with Crippen LogP contribution in [0.3, 0.4) is 0 Å². The number of carbonyl (C=O) groups excluding carboxylic acids is 4. The first-order valence-electron chi connectivity index (χ1n) is 11.8. The molecule has 0 atom stereocenters. The number of carbonyl (C=O) groups is 4. The number of thioether (sulfide) groups is 1. The van der Waals surface area contributed by atoms with Gasteiger partial charge in [-0.15, -0.1) is 0 Å². The topological polar surface area (TPSA) is 105 Å². The van der Waals surface area contributed by atoms with Crippen molar-refractivity contribution in [1.29, 1.82) is 0 Å². The predicted molar refractivity (Wildman–Crippen MR) is 151 cm³/mol. The smallest absolute Gasteiger partial charge is 0.338 e. The van der Waals surface area contributed by atoms with E-state index < -0.39 is 11.9 Å². The summed E-state index contributed by atoms with van der Waals surface area (Å²) in [5.74, 6) is -1.27. The molecule has 1 saturated heterocycles. The summed E-state index contributed by atoms with van der Waals surface area (Å²) in [7, 11) is 5.11. The lowest BCUT2D eigenvalue weighted by Gasteiger charge is -2.14. The summed E-state index contributed by atoms with van der Waals surface area (Å²) in [5, 5.41) is 2.79. The minimum absolute atomic E-state index is 0.194. The lowest BCUT2D eigenvalue weighted by Crippen LogP contribution is -2.29. The van der Waals surface area contributed by atoms with Gasteiger partial charge in [-0.2, -0.15) is 0 Å². The Labute approximate surface area is 231 Å². The molecule has 9 nitrogen and oxygen atoms in total. The average molecular weight is 556 g/mol. The van der Waals surface area contributed by atoms with Crippen LogP contribution in [0.25, 0.3) is 6.08 Å². The Morgan fingerprint density at radius 3 is 2.29 bits per heavy atom. The number of esters is 2. The maximum absolute atomic E-state index is 12.8. The van der Waals surface area contributed by atoms with Crippen LogP contribution in [-0.2, 0) is 19.1 Å². The summed E-state index contributed by atoms with van der Waals surface area (Å²) >= 11 is 6.56. The third-order valence-electron chi connectivity index (χ3n) is 5.46. The van der Waals surface area contributed by atoms with E-state index in [1.807, 2.05) is 19.0 Å². The van der Waals surface area contributed by atoms with E-state index in [4.69, 9.17) is 21.7 Å². The van der Waals surface area contributed by atoms with E-state index in [1.54, 1.807) is 54.6 Å². The first kappa shape index (κ1) is 29.0. The van der Waals surface area contributed by atoms with Gasteiger partial charge in [-0.05, 0) is 68.6 Å². The monoisotopic (exact) mass is 555 g/mol. The molecule has 0 spiro atoms. The highest BCUT2D eigenvalue weighted by molar-refractivity contribution is 8.26. The zero-order valence-corrected chi connectivity index (χ0v) is 23.0. The van der Waals surface area contributed by atoms with Gasteiger partial charge in [-0.25, -0.2) is 9.59 Å². The van der Waals surface area contributed by atoms with Crippen molar-refractivity contribution in [3.05, 3.63) is 70.1 Å². The van der Waals surface area contributed by atoms with Crippen molar-refractivity contribution in [2.24, 2.45) is 0 Å². The van der Waals surface area contributed by atoms with E-state index in [9.17, 15) is 19.2 Å². The minimum Gasteiger partial charge on any atom is -0.465 e. The van der Waals surface area contributed by atoms with Crippen LogP contribution >= 0.6 is 24.0 Å². The molecule has 1 heterocycles. The molecule has 3 rings (SSSR count). The number of hydrogen-bond donors (Lipinski definition) is 1. The molecule has 1 aliphatic heterocycles. The van der Waals surface area contributed by atoms with E-state index in [0.717, 1.165) is 5.56 Å². The molecule has 0 unspecified atom stereocenters. The predicted octanol–water partition coefficient (Wildman–Crippen LogP) is 3.81. The van der Waals surface area contributed by atoms with Crippen LogP contribution in [0.4, 0.5) is 5.69 Å². The van der Waals surface area contributed by atoms with Crippen molar-refractivity contribution >= 4 is 63.8 Å². The van der Waals surface area contributed by atoms with Crippen LogP contribution in [-0.4, -0.2) is 78.8 Å². The number of likely N-dealkylation sites (N-methyl/N-ethyl adjacent to an activating group) is 1. The molecular formula is C27H29N3O6S2. The van der Waals surface area contributed by atoms with E-state index in [1.165, 1.54) is 23.8 Å². The van der Waals surface area contributed by atoms with Crippen LogP contribution in [0, 0.1) is 0 Å². The summed E-state index contributed by atoms with van der Waals surface area (Å²) in [6, 6.07) is 13.2. The SMILES string of the molecule is COC(=O)c1ccc(C=C2SC(=S)N(CCCC(=O)Nc3ccc(C(=O)OCCN(C)C)cc3)C2=O)cc1. The Balaban J connectivity index is 1.46. The second-order valence-corrected chi connectivity index (χ2v) is 10.3. The van der Waals surface area contributed by atoms with E-state index in [2.05, 4.69) is 5.32 Å². The molecule has 38 heavy (non-hydrogen) atoms. The molecule has 0 radical (unpaired) electrons. The van der Waals surface area contributed by atoms with Gasteiger partial charge in [0.1, 0.15) is 10.9 Å². The van der Waals surface area contributed by atoms with Crippen LogP contribution in [0.2, 0.25) is 0 Å². The number of methoxy groups -OCH3 is 1. The number of ether oxygens (including phenoxy) is 2. The Bertz CT molecular complexity index is 1230. The van der Waals surface area contributed by atoms with Gasteiger partial charge in [-0.3, -0.25) is 14.5 Å². The Hall–Kier alpha value is -3.54. The largest absolute Gasteiger partial charge is 0.465 e. The van der Waals surface area contributed by atoms with Gasteiger partial charge in [0.2, 0.25) is 5.91 Å². The number of benzene rings is 2. The van der Waals surface area contributed by atoms with Crippen LogP contribution < -0.4 is 5.32 Å². The zero-order chi connectivity index (χ0) is 27.7. The van der Waals surface area contributed by atoms with Crippen molar-refractivity contribution < 1.29 is 28.7 Å². The average Bonchev–Trinajstić information content (AvgIpc) is 3.16. The van der Waals surface area contributed by atoms with E-state index in [-0.39, 0.29) is 18.2 Å². The summed E-state index contributed by atoms with van der Waals surface area (Å²) < 4.78 is 10.3. The standard InChI is InChI=1S/C27H29N3O6S2/c1-29(2)15-16-36-26(34)20-10-12-21(13-11-20)28-23(31)5-4-14-30-24(32)22(38-27(30)37)17-18-6-8-19(9-7-18)25(33)35-3/h6-13,17H,4-5,14-16H2,1-3H3,(H,28,31). The Morgan fingerprint density at radius 1 is 1.03 bits per heavy atom. The summed E-state index contributed by atoms with van der Waals surface area (Å²) in [4.78, 5) is 52.7. The van der Waals surface area contributed by atoms with Gasteiger partial charge >= 0.3 is 11.9 Å². The molecule has 1 N–H and O–H groups in total. The first-order valence-corrected chi connectivity index (χ1v) is 13.1. The highest BCUT2D eigenvalue weighted by Gasteiger charge is 2.31. The van der Waals surface area contributed by atoms with Crippen molar-refractivity contribution in [3.8, 4) is 0 Å². The number of nitrogens with one attached hydrogen (secondary N) is 1.